The number of carbonyl (C=O) groups is 1. The number of unbranched alkanes of at least 4 members (excludes halogenated alkanes) is 10. The number of amides is 1. The Morgan fingerprint density at radius 1 is 0.571 bits per heavy atom. The van der Waals surface area contributed by atoms with Crippen LogP contribution in [0.4, 0.5) is 0 Å². The molecule has 1 amide bonds. The number of hydrogen-bond donors (Lipinski definition) is 3. The van der Waals surface area contributed by atoms with Gasteiger partial charge in [-0.05, 0) is 89.9 Å². The van der Waals surface area contributed by atoms with Gasteiger partial charge in [-0.15, -0.1) is 0 Å². The lowest BCUT2D eigenvalue weighted by molar-refractivity contribution is -0.122. The zero-order valence-corrected chi connectivity index (χ0v) is 31.6. The summed E-state index contributed by atoms with van der Waals surface area (Å²) in [4.78, 5) is 12.5. The summed E-state index contributed by atoms with van der Waals surface area (Å²) in [5.41, 5.74) is 0. The molecule has 0 saturated carbocycles. The highest BCUT2D eigenvalue weighted by molar-refractivity contribution is 7.85. The van der Waals surface area contributed by atoms with E-state index in [0.717, 1.165) is 77.0 Å². The second-order valence-corrected chi connectivity index (χ2v) is 13.9. The van der Waals surface area contributed by atoms with Crippen LogP contribution in [0.25, 0.3) is 0 Å². The molecule has 49 heavy (non-hydrogen) atoms. The van der Waals surface area contributed by atoms with Gasteiger partial charge in [0.2, 0.25) is 5.91 Å². The van der Waals surface area contributed by atoms with Crippen LogP contribution in [0.3, 0.4) is 0 Å². The molecule has 0 aromatic carbocycles. The maximum atomic E-state index is 12.5. The van der Waals surface area contributed by atoms with Gasteiger partial charge in [-0.3, -0.25) is 9.35 Å². The van der Waals surface area contributed by atoms with Crippen LogP contribution >= 0.6 is 0 Å². The molecular weight excluding hydrogens is 631 g/mol. The zero-order valence-electron chi connectivity index (χ0n) is 30.8. The van der Waals surface area contributed by atoms with E-state index < -0.39 is 28.0 Å². The van der Waals surface area contributed by atoms with E-state index in [0.29, 0.717) is 12.8 Å². The Bertz CT molecular complexity index is 1130. The molecule has 6 nitrogen and oxygen atoms in total. The van der Waals surface area contributed by atoms with E-state index in [1.54, 1.807) is 6.08 Å². The Morgan fingerprint density at radius 2 is 1.00 bits per heavy atom. The molecule has 0 bridgehead atoms. The second-order valence-electron chi connectivity index (χ2n) is 12.4. The largest absolute Gasteiger partial charge is 0.387 e. The fourth-order valence-corrected chi connectivity index (χ4v) is 5.65. The van der Waals surface area contributed by atoms with Crippen molar-refractivity contribution < 1.29 is 22.9 Å². The van der Waals surface area contributed by atoms with Crippen molar-refractivity contribution in [1.82, 2.24) is 5.32 Å². The fraction of sp³-hybridized carbons (Fsp3) is 0.595. The molecule has 0 aliphatic carbocycles. The number of aliphatic hydroxyl groups is 1. The lowest BCUT2D eigenvalue weighted by atomic mass is 10.1. The molecule has 0 aliphatic rings. The zero-order chi connectivity index (χ0) is 36.1. The van der Waals surface area contributed by atoms with Gasteiger partial charge in [0.05, 0.1) is 17.9 Å². The molecular formula is C42H69NO5S. The topological polar surface area (TPSA) is 104 Å². The first kappa shape index (κ1) is 46.3. The number of rotatable bonds is 32. The Kier molecular flexibility index (Phi) is 33.1. The van der Waals surface area contributed by atoms with Gasteiger partial charge < -0.3 is 10.4 Å². The third-order valence-electron chi connectivity index (χ3n) is 7.72. The van der Waals surface area contributed by atoms with Crippen molar-refractivity contribution in [3.8, 4) is 0 Å². The number of carbonyl (C=O) groups excluding carboxylic acids is 1. The number of hydrogen-bond acceptors (Lipinski definition) is 4. The van der Waals surface area contributed by atoms with Gasteiger partial charge >= 0.3 is 0 Å². The smallest absolute Gasteiger partial charge is 0.267 e. The van der Waals surface area contributed by atoms with Crippen LogP contribution in [0.15, 0.2) is 97.2 Å². The predicted molar refractivity (Wildman–Crippen MR) is 211 cm³/mol. The monoisotopic (exact) mass is 699 g/mol. The fourth-order valence-electron chi connectivity index (χ4n) is 4.92. The molecule has 0 spiro atoms. The number of allylic oxidation sites excluding steroid dienone is 15. The summed E-state index contributed by atoms with van der Waals surface area (Å²) in [7, 11) is -4.37. The summed E-state index contributed by atoms with van der Waals surface area (Å²) in [6.45, 7) is 4.37. The Morgan fingerprint density at radius 3 is 1.51 bits per heavy atom. The maximum Gasteiger partial charge on any atom is 0.267 e. The van der Waals surface area contributed by atoms with E-state index in [1.165, 1.54) is 38.2 Å². The van der Waals surface area contributed by atoms with Crippen LogP contribution in [-0.2, 0) is 14.9 Å². The minimum atomic E-state index is -4.37. The molecule has 3 N–H and O–H groups in total. The first-order valence-corrected chi connectivity index (χ1v) is 20.5. The summed E-state index contributed by atoms with van der Waals surface area (Å²) >= 11 is 0. The molecule has 0 saturated heterocycles. The van der Waals surface area contributed by atoms with Gasteiger partial charge in [-0.1, -0.05) is 143 Å². The van der Waals surface area contributed by atoms with Crippen LogP contribution in [0.2, 0.25) is 0 Å². The average Bonchev–Trinajstić information content (AvgIpc) is 3.06. The third kappa shape index (κ3) is 36.4. The van der Waals surface area contributed by atoms with E-state index in [-0.39, 0.29) is 12.3 Å². The maximum absolute atomic E-state index is 12.5. The number of aliphatic hydroxyl groups excluding tert-OH is 1. The molecule has 7 heteroatoms. The third-order valence-corrected chi connectivity index (χ3v) is 8.50. The van der Waals surface area contributed by atoms with E-state index >= 15 is 0 Å². The van der Waals surface area contributed by atoms with E-state index in [2.05, 4.69) is 104 Å². The van der Waals surface area contributed by atoms with Crippen molar-refractivity contribution in [3.63, 3.8) is 0 Å². The predicted octanol–water partition coefficient (Wildman–Crippen LogP) is 11.0. The normalized spacial score (nSPS) is 14.4. The number of nitrogens with one attached hydrogen (secondary N) is 1. The van der Waals surface area contributed by atoms with Crippen molar-refractivity contribution in [1.29, 1.82) is 0 Å². The Hall–Kier alpha value is -2.74. The Balaban J connectivity index is 4.15. The van der Waals surface area contributed by atoms with Gasteiger partial charge in [0.15, 0.2) is 0 Å². The lowest BCUT2D eigenvalue weighted by Gasteiger charge is -2.21. The summed E-state index contributed by atoms with van der Waals surface area (Å²) in [5.74, 6) is -1.06. The van der Waals surface area contributed by atoms with Gasteiger partial charge in [-0.25, -0.2) is 0 Å². The van der Waals surface area contributed by atoms with E-state index in [1.807, 2.05) is 0 Å². The highest BCUT2D eigenvalue weighted by Crippen LogP contribution is 2.09. The molecule has 0 aromatic heterocycles. The second kappa shape index (κ2) is 35.1. The molecule has 2 atom stereocenters. The van der Waals surface area contributed by atoms with Gasteiger partial charge in [-0.2, -0.15) is 8.42 Å². The van der Waals surface area contributed by atoms with Gasteiger partial charge in [0.1, 0.15) is 0 Å². The van der Waals surface area contributed by atoms with E-state index in [4.69, 9.17) is 0 Å². The summed E-state index contributed by atoms with van der Waals surface area (Å²) < 4.78 is 32.4. The van der Waals surface area contributed by atoms with Gasteiger partial charge in [0, 0.05) is 6.42 Å². The highest BCUT2D eigenvalue weighted by atomic mass is 32.2. The van der Waals surface area contributed by atoms with Crippen molar-refractivity contribution in [2.75, 3.05) is 5.75 Å². The highest BCUT2D eigenvalue weighted by Gasteiger charge is 2.24. The van der Waals surface area contributed by atoms with Crippen molar-refractivity contribution in [3.05, 3.63) is 97.2 Å². The van der Waals surface area contributed by atoms with Gasteiger partial charge in [0.25, 0.3) is 10.1 Å². The first-order chi connectivity index (χ1) is 23.8. The molecule has 0 heterocycles. The average molecular weight is 700 g/mol. The molecule has 278 valence electrons. The van der Waals surface area contributed by atoms with Crippen molar-refractivity contribution in [2.45, 2.75) is 154 Å². The molecule has 0 aliphatic heterocycles. The molecule has 0 aromatic rings. The van der Waals surface area contributed by atoms with Crippen molar-refractivity contribution in [2.24, 2.45) is 0 Å². The first-order valence-electron chi connectivity index (χ1n) is 18.9. The van der Waals surface area contributed by atoms with Crippen LogP contribution < -0.4 is 5.32 Å². The summed E-state index contributed by atoms with van der Waals surface area (Å²) in [5, 5.41) is 13.1. The van der Waals surface area contributed by atoms with Crippen molar-refractivity contribution >= 4 is 16.0 Å². The van der Waals surface area contributed by atoms with Crippen LogP contribution in [0.5, 0.6) is 0 Å². The van der Waals surface area contributed by atoms with Crippen LogP contribution in [-0.4, -0.2) is 41.9 Å². The SMILES string of the molecule is CC/C=C\C/C=C\C/C=C\C/C=C\C/C=C\CCCCCC(=O)NC(CS(=O)(=O)O)C(O)/C=C/CC/C=C/CC/C=C/CCCCCCC. The minimum absolute atomic E-state index is 0.239. The quantitative estimate of drug-likeness (QED) is 0.0368. The van der Waals surface area contributed by atoms with Crippen LogP contribution in [0, 0.1) is 0 Å². The molecule has 0 fully saturated rings. The Labute approximate surface area is 300 Å². The summed E-state index contributed by atoms with van der Waals surface area (Å²) in [6.07, 6.45) is 52.4. The lowest BCUT2D eigenvalue weighted by Crippen LogP contribution is -2.46. The molecule has 0 rings (SSSR count). The summed E-state index contributed by atoms with van der Waals surface area (Å²) in [6, 6.07) is -1.10. The molecule has 2 unspecified atom stereocenters. The van der Waals surface area contributed by atoms with E-state index in [9.17, 15) is 22.9 Å². The van der Waals surface area contributed by atoms with Crippen LogP contribution in [0.1, 0.15) is 142 Å². The minimum Gasteiger partial charge on any atom is -0.387 e. The molecule has 0 radical (unpaired) electrons. The standard InChI is InChI=1S/C42H69NO5S/c1-3-5-7-9-11-13-15-17-19-20-21-22-24-26-28-30-32-34-36-38-42(45)43-40(39-49(46,47)48)41(44)37-35-33-31-29-27-25-23-18-16-14-12-10-8-6-4-2/h5,7,11,13,16-19,21-22,26-29,35,37,40-41,44H,3-4,6,8-10,12,14-15,20,23-25,30-34,36,38-39H2,1-2H3,(H,43,45)(H,46,47,48)/b7-5-,13-11-,18-16+,19-17-,22-21-,28-26-,29-27+,37-35+.